The molecule has 2 aromatic carbocycles. The summed E-state index contributed by atoms with van der Waals surface area (Å²) in [6, 6.07) is 11.7. The van der Waals surface area contributed by atoms with Gasteiger partial charge in [-0.05, 0) is 64.0 Å². The third-order valence-corrected chi connectivity index (χ3v) is 6.88. The molecule has 2 amide bonds. The number of primary amides is 1. The van der Waals surface area contributed by atoms with Crippen LogP contribution >= 0.6 is 27.3 Å². The molecule has 3 N–H and O–H groups in total. The molecule has 0 spiro atoms. The number of carbonyl (C=O) groups is 2. The molecule has 4 rings (SSSR count). The molecule has 0 saturated carbocycles. The number of carbonyl (C=O) groups excluding carboxylic acids is 2. The second kappa shape index (κ2) is 7.93. The Hall–Kier alpha value is -2.38. The number of benzene rings is 2. The Kier molecular flexibility index (Phi) is 5.37. The first-order chi connectivity index (χ1) is 13.5. The molecule has 1 aromatic heterocycles. The molecule has 0 aliphatic heterocycles. The first-order valence-electron chi connectivity index (χ1n) is 9.09. The van der Waals surface area contributed by atoms with Crippen molar-refractivity contribution >= 4 is 54.9 Å². The van der Waals surface area contributed by atoms with Crippen molar-refractivity contribution in [3.8, 4) is 5.75 Å². The van der Waals surface area contributed by atoms with Crippen molar-refractivity contribution in [2.75, 3.05) is 11.9 Å². The van der Waals surface area contributed by atoms with E-state index in [1.165, 1.54) is 11.3 Å². The van der Waals surface area contributed by atoms with Gasteiger partial charge in [-0.1, -0.05) is 30.3 Å². The van der Waals surface area contributed by atoms with E-state index < -0.39 is 5.91 Å². The lowest BCUT2D eigenvalue weighted by atomic mass is 9.95. The van der Waals surface area contributed by atoms with Crippen molar-refractivity contribution in [2.45, 2.75) is 25.7 Å². The highest BCUT2D eigenvalue weighted by Gasteiger charge is 2.25. The number of nitrogens with one attached hydrogen (secondary N) is 1. The van der Waals surface area contributed by atoms with Gasteiger partial charge in [-0.3, -0.25) is 9.59 Å². The van der Waals surface area contributed by atoms with Crippen LogP contribution in [0.15, 0.2) is 40.9 Å². The number of anilines is 1. The summed E-state index contributed by atoms with van der Waals surface area (Å²) in [7, 11) is 0. The van der Waals surface area contributed by atoms with Gasteiger partial charge in [0.25, 0.3) is 11.8 Å². The molecule has 0 saturated heterocycles. The van der Waals surface area contributed by atoms with Crippen LogP contribution in [-0.2, 0) is 17.6 Å². The van der Waals surface area contributed by atoms with E-state index in [1.807, 2.05) is 36.4 Å². The van der Waals surface area contributed by atoms with Gasteiger partial charge < -0.3 is 15.8 Å². The number of ether oxygens (including phenoxy) is 1. The zero-order chi connectivity index (χ0) is 19.7. The van der Waals surface area contributed by atoms with Crippen LogP contribution in [0.3, 0.4) is 0 Å². The van der Waals surface area contributed by atoms with Crippen molar-refractivity contribution < 1.29 is 14.3 Å². The zero-order valence-electron chi connectivity index (χ0n) is 15.1. The fourth-order valence-corrected chi connectivity index (χ4v) is 5.46. The fourth-order valence-electron chi connectivity index (χ4n) is 3.55. The lowest BCUT2D eigenvalue weighted by Gasteiger charge is -2.11. The summed E-state index contributed by atoms with van der Waals surface area (Å²) in [6.45, 7) is -0.155. The number of nitrogens with two attached hydrogens (primary N) is 1. The maximum Gasteiger partial charge on any atom is 0.262 e. The highest BCUT2D eigenvalue weighted by Crippen LogP contribution is 2.38. The first-order valence-corrected chi connectivity index (χ1v) is 10.7. The van der Waals surface area contributed by atoms with Crippen LogP contribution in [0.1, 0.15) is 33.6 Å². The van der Waals surface area contributed by atoms with Gasteiger partial charge in [-0.25, -0.2) is 0 Å². The number of halogens is 1. The van der Waals surface area contributed by atoms with Gasteiger partial charge in [-0.15, -0.1) is 11.3 Å². The van der Waals surface area contributed by atoms with Crippen molar-refractivity contribution in [1.82, 2.24) is 0 Å². The Labute approximate surface area is 175 Å². The van der Waals surface area contributed by atoms with Crippen LogP contribution in [0.5, 0.6) is 5.75 Å². The van der Waals surface area contributed by atoms with Crippen LogP contribution < -0.4 is 15.8 Å². The maximum absolute atomic E-state index is 12.5. The van der Waals surface area contributed by atoms with Gasteiger partial charge in [0.05, 0.1) is 10.0 Å². The minimum atomic E-state index is -0.493. The highest BCUT2D eigenvalue weighted by molar-refractivity contribution is 9.10. The SMILES string of the molecule is NC(=O)c1c(NC(=O)COc2ccc3ccccc3c2Br)sc2c1CCCC2. The van der Waals surface area contributed by atoms with Gasteiger partial charge in [0.15, 0.2) is 6.61 Å². The molecule has 0 radical (unpaired) electrons. The van der Waals surface area contributed by atoms with Gasteiger partial charge in [0.1, 0.15) is 10.8 Å². The van der Waals surface area contributed by atoms with Crippen LogP contribution in [-0.4, -0.2) is 18.4 Å². The first kappa shape index (κ1) is 19.0. The average molecular weight is 459 g/mol. The summed E-state index contributed by atoms with van der Waals surface area (Å²) >= 11 is 5.00. The monoisotopic (exact) mass is 458 g/mol. The zero-order valence-corrected chi connectivity index (χ0v) is 17.5. The summed E-state index contributed by atoms with van der Waals surface area (Å²) in [5.74, 6) is -0.219. The largest absolute Gasteiger partial charge is 0.483 e. The van der Waals surface area contributed by atoms with Crippen LogP contribution in [0.2, 0.25) is 0 Å². The van der Waals surface area contributed by atoms with Crippen LogP contribution in [0.25, 0.3) is 10.8 Å². The van der Waals surface area contributed by atoms with Crippen LogP contribution in [0.4, 0.5) is 5.00 Å². The number of amides is 2. The maximum atomic E-state index is 12.5. The lowest BCUT2D eigenvalue weighted by Crippen LogP contribution is -2.22. The second-order valence-electron chi connectivity index (χ2n) is 6.71. The third-order valence-electron chi connectivity index (χ3n) is 4.86. The molecule has 3 aromatic rings. The summed E-state index contributed by atoms with van der Waals surface area (Å²) in [4.78, 5) is 25.5. The summed E-state index contributed by atoms with van der Waals surface area (Å²) in [5, 5.41) is 5.45. The second-order valence-corrected chi connectivity index (χ2v) is 8.61. The van der Waals surface area contributed by atoms with Crippen molar-refractivity contribution in [3.63, 3.8) is 0 Å². The summed E-state index contributed by atoms with van der Waals surface area (Å²) in [5.41, 5.74) is 7.03. The standard InChI is InChI=1S/C21H19BrN2O3S/c22-19-13-6-2-1-5-12(13)9-10-15(19)27-11-17(25)24-21-18(20(23)26)14-7-3-4-8-16(14)28-21/h1-2,5-6,9-10H,3-4,7-8,11H2,(H2,23,26)(H,24,25). The molecule has 0 fully saturated rings. The Morgan fingerprint density at radius 3 is 2.75 bits per heavy atom. The molecule has 28 heavy (non-hydrogen) atoms. The molecule has 7 heteroatoms. The van der Waals surface area contributed by atoms with Gasteiger partial charge >= 0.3 is 0 Å². The molecule has 5 nitrogen and oxygen atoms in total. The van der Waals surface area contributed by atoms with E-state index in [-0.39, 0.29) is 12.5 Å². The van der Waals surface area contributed by atoms with E-state index in [0.717, 1.165) is 51.4 Å². The minimum absolute atomic E-state index is 0.155. The Morgan fingerprint density at radius 1 is 1.14 bits per heavy atom. The van der Waals surface area contributed by atoms with E-state index in [1.54, 1.807) is 0 Å². The number of thiophene rings is 1. The molecule has 0 unspecified atom stereocenters. The Morgan fingerprint density at radius 2 is 1.93 bits per heavy atom. The van der Waals surface area contributed by atoms with Crippen molar-refractivity contribution in [1.29, 1.82) is 0 Å². The van der Waals surface area contributed by atoms with E-state index >= 15 is 0 Å². The molecular weight excluding hydrogens is 440 g/mol. The van der Waals surface area contributed by atoms with Crippen LogP contribution in [0, 0.1) is 0 Å². The smallest absolute Gasteiger partial charge is 0.262 e. The lowest BCUT2D eigenvalue weighted by molar-refractivity contribution is -0.118. The summed E-state index contributed by atoms with van der Waals surface area (Å²) < 4.78 is 6.52. The molecule has 1 heterocycles. The van der Waals surface area contributed by atoms with Crippen molar-refractivity contribution in [3.05, 3.63) is 56.9 Å². The van der Waals surface area contributed by atoms with E-state index in [9.17, 15) is 9.59 Å². The van der Waals surface area contributed by atoms with Gasteiger partial charge in [-0.2, -0.15) is 0 Å². The quantitative estimate of drug-likeness (QED) is 0.583. The fraction of sp³-hybridized carbons (Fsp3) is 0.238. The number of fused-ring (bicyclic) bond motifs is 2. The Bertz CT molecular complexity index is 1080. The van der Waals surface area contributed by atoms with E-state index in [2.05, 4.69) is 21.2 Å². The molecule has 1 aliphatic rings. The number of rotatable bonds is 5. The molecular formula is C21H19BrN2O3S. The number of hydrogen-bond donors (Lipinski definition) is 2. The summed E-state index contributed by atoms with van der Waals surface area (Å²) in [6.07, 6.45) is 3.89. The topological polar surface area (TPSA) is 81.4 Å². The highest BCUT2D eigenvalue weighted by atomic mass is 79.9. The predicted molar refractivity (Wildman–Crippen MR) is 115 cm³/mol. The van der Waals surface area contributed by atoms with E-state index in [4.69, 9.17) is 10.5 Å². The average Bonchev–Trinajstić information content (AvgIpc) is 3.05. The van der Waals surface area contributed by atoms with Crippen molar-refractivity contribution in [2.24, 2.45) is 5.73 Å². The molecule has 0 bridgehead atoms. The van der Waals surface area contributed by atoms with E-state index in [0.29, 0.717) is 16.3 Å². The Balaban J connectivity index is 1.49. The molecule has 144 valence electrons. The molecule has 1 aliphatic carbocycles. The molecule has 0 atom stereocenters. The predicted octanol–water partition coefficient (Wildman–Crippen LogP) is 4.66. The minimum Gasteiger partial charge on any atom is -0.483 e. The third kappa shape index (κ3) is 3.64. The van der Waals surface area contributed by atoms with Gasteiger partial charge in [0.2, 0.25) is 0 Å². The number of aryl methyl sites for hydroxylation is 1. The van der Waals surface area contributed by atoms with Gasteiger partial charge in [0, 0.05) is 4.88 Å². The normalized spacial score (nSPS) is 13.2. The number of hydrogen-bond acceptors (Lipinski definition) is 4.